The van der Waals surface area contributed by atoms with Crippen LogP contribution in [0, 0.1) is 0 Å². The first-order valence-electron chi connectivity index (χ1n) is 6.29. The van der Waals surface area contributed by atoms with Gasteiger partial charge < -0.3 is 5.32 Å². The molecule has 21 heavy (non-hydrogen) atoms. The Morgan fingerprint density at radius 2 is 2.10 bits per heavy atom. The summed E-state index contributed by atoms with van der Waals surface area (Å²) in [6.45, 7) is 0.561. The Bertz CT molecular complexity index is 585. The lowest BCUT2D eigenvalue weighted by atomic mass is 10.3. The van der Waals surface area contributed by atoms with Gasteiger partial charge in [0.15, 0.2) is 5.16 Å². The molecule has 0 fully saturated rings. The van der Waals surface area contributed by atoms with Gasteiger partial charge in [0.2, 0.25) is 0 Å². The van der Waals surface area contributed by atoms with Gasteiger partial charge in [-0.25, -0.2) is 15.0 Å². The number of nitrogens with one attached hydrogen (secondary N) is 1. The van der Waals surface area contributed by atoms with E-state index in [-0.39, 0.29) is 5.91 Å². The summed E-state index contributed by atoms with van der Waals surface area (Å²) >= 11 is 4.87. The average Bonchev–Trinajstić information content (AvgIpc) is 2.95. The summed E-state index contributed by atoms with van der Waals surface area (Å²) in [5.41, 5.74) is 1.51. The fourth-order valence-corrected chi connectivity index (χ4v) is 3.46. The van der Waals surface area contributed by atoms with E-state index in [2.05, 4.69) is 26.5 Å². The van der Waals surface area contributed by atoms with Crippen molar-refractivity contribution in [3.05, 3.63) is 34.0 Å². The van der Waals surface area contributed by atoms with E-state index in [0.29, 0.717) is 17.3 Å². The zero-order valence-corrected chi connectivity index (χ0v) is 14.3. The second-order valence-electron chi connectivity index (χ2n) is 4.13. The second kappa shape index (κ2) is 8.35. The van der Waals surface area contributed by atoms with Crippen molar-refractivity contribution in [2.24, 2.45) is 0 Å². The highest BCUT2D eigenvalue weighted by Crippen LogP contribution is 2.15. The summed E-state index contributed by atoms with van der Waals surface area (Å²) < 4.78 is 0. The molecule has 0 radical (unpaired) electrons. The summed E-state index contributed by atoms with van der Waals surface area (Å²) in [6, 6.07) is 0. The van der Waals surface area contributed by atoms with Crippen LogP contribution in [-0.4, -0.2) is 39.9 Å². The third-order valence-electron chi connectivity index (χ3n) is 2.61. The fraction of sp³-hybridized carbons (Fsp3) is 0.385. The molecule has 0 aliphatic carbocycles. The van der Waals surface area contributed by atoms with Gasteiger partial charge in [-0.1, -0.05) is 11.8 Å². The third kappa shape index (κ3) is 4.98. The Balaban J connectivity index is 1.80. The maximum atomic E-state index is 11.9. The molecule has 0 aliphatic heterocycles. The highest BCUT2D eigenvalue weighted by atomic mass is 32.2. The van der Waals surface area contributed by atoms with Gasteiger partial charge in [0.1, 0.15) is 5.01 Å². The van der Waals surface area contributed by atoms with Gasteiger partial charge in [-0.15, -0.1) is 11.3 Å². The molecule has 1 amide bonds. The van der Waals surface area contributed by atoms with Crippen molar-refractivity contribution in [1.29, 1.82) is 0 Å². The number of rotatable bonds is 7. The van der Waals surface area contributed by atoms with E-state index in [4.69, 9.17) is 0 Å². The van der Waals surface area contributed by atoms with Gasteiger partial charge in [0.05, 0.1) is 11.3 Å². The number of carbonyl (C=O) groups excluding carboxylic acids is 1. The van der Waals surface area contributed by atoms with Crippen LogP contribution in [-0.2, 0) is 12.2 Å². The van der Waals surface area contributed by atoms with E-state index < -0.39 is 0 Å². The van der Waals surface area contributed by atoms with Crippen molar-refractivity contribution in [2.75, 3.05) is 19.1 Å². The molecule has 2 rings (SSSR count). The number of nitrogens with zero attached hydrogens (tertiary/aromatic N) is 3. The lowest BCUT2D eigenvalue weighted by Crippen LogP contribution is -2.26. The zero-order chi connectivity index (χ0) is 15.1. The van der Waals surface area contributed by atoms with Crippen molar-refractivity contribution in [3.8, 4) is 0 Å². The molecule has 112 valence electrons. The highest BCUT2D eigenvalue weighted by molar-refractivity contribution is 7.98. The smallest absolute Gasteiger partial charge is 0.254 e. The molecular formula is C13H16N4OS3. The molecule has 0 bridgehead atoms. The maximum Gasteiger partial charge on any atom is 0.254 e. The van der Waals surface area contributed by atoms with E-state index in [0.717, 1.165) is 22.9 Å². The van der Waals surface area contributed by atoms with Crippen LogP contribution in [0.1, 0.15) is 21.1 Å². The standard InChI is InChI=1S/C13H16N4OS3/c1-19-8-11-17-10(7-21-11)3-4-14-12(18)9-5-15-13(20-2)16-6-9/h5-7H,3-4,8H2,1-2H3,(H,14,18). The average molecular weight is 340 g/mol. The molecule has 0 spiro atoms. The number of aromatic nitrogens is 3. The fourth-order valence-electron chi connectivity index (χ4n) is 1.60. The molecule has 0 saturated heterocycles. The van der Waals surface area contributed by atoms with Crippen molar-refractivity contribution < 1.29 is 4.79 Å². The van der Waals surface area contributed by atoms with Crippen LogP contribution in [0.25, 0.3) is 0 Å². The van der Waals surface area contributed by atoms with Gasteiger partial charge in [0, 0.05) is 36.5 Å². The summed E-state index contributed by atoms with van der Waals surface area (Å²) in [7, 11) is 0. The zero-order valence-electron chi connectivity index (χ0n) is 11.8. The van der Waals surface area contributed by atoms with E-state index in [1.165, 1.54) is 11.8 Å². The van der Waals surface area contributed by atoms with Crippen LogP contribution in [0.2, 0.25) is 0 Å². The molecule has 8 heteroatoms. The maximum absolute atomic E-state index is 11.9. The lowest BCUT2D eigenvalue weighted by Gasteiger charge is -2.03. The Morgan fingerprint density at radius 1 is 1.33 bits per heavy atom. The normalized spacial score (nSPS) is 10.6. The van der Waals surface area contributed by atoms with Gasteiger partial charge in [-0.05, 0) is 12.5 Å². The first-order valence-corrected chi connectivity index (χ1v) is 9.79. The van der Waals surface area contributed by atoms with E-state index in [1.807, 2.05) is 11.6 Å². The molecular weight excluding hydrogens is 324 g/mol. The molecule has 0 unspecified atom stereocenters. The van der Waals surface area contributed by atoms with Gasteiger partial charge >= 0.3 is 0 Å². The number of hydrogen-bond donors (Lipinski definition) is 1. The largest absolute Gasteiger partial charge is 0.352 e. The third-order valence-corrected chi connectivity index (χ3v) is 4.83. The van der Waals surface area contributed by atoms with Crippen molar-refractivity contribution in [1.82, 2.24) is 20.3 Å². The number of hydrogen-bond acceptors (Lipinski definition) is 7. The van der Waals surface area contributed by atoms with E-state index in [9.17, 15) is 4.79 Å². The second-order valence-corrected chi connectivity index (χ2v) is 6.71. The number of carbonyl (C=O) groups is 1. The van der Waals surface area contributed by atoms with Crippen LogP contribution in [0.5, 0.6) is 0 Å². The van der Waals surface area contributed by atoms with E-state index in [1.54, 1.807) is 35.5 Å². The molecule has 0 aliphatic rings. The summed E-state index contributed by atoms with van der Waals surface area (Å²) in [5, 5.41) is 6.70. The van der Waals surface area contributed by atoms with Gasteiger partial charge in [-0.2, -0.15) is 11.8 Å². The quantitative estimate of drug-likeness (QED) is 0.617. The van der Waals surface area contributed by atoms with Crippen LogP contribution < -0.4 is 5.32 Å². The monoisotopic (exact) mass is 340 g/mol. The number of thioether (sulfide) groups is 2. The Labute approximate surface area is 136 Å². The summed E-state index contributed by atoms with van der Waals surface area (Å²) in [5.74, 6) is 0.790. The minimum atomic E-state index is -0.151. The minimum Gasteiger partial charge on any atom is -0.352 e. The highest BCUT2D eigenvalue weighted by Gasteiger charge is 2.07. The molecule has 0 atom stereocenters. The topological polar surface area (TPSA) is 67.8 Å². The van der Waals surface area contributed by atoms with Crippen molar-refractivity contribution in [3.63, 3.8) is 0 Å². The number of thiazole rings is 1. The van der Waals surface area contributed by atoms with Crippen LogP contribution >= 0.6 is 34.9 Å². The van der Waals surface area contributed by atoms with Crippen molar-refractivity contribution in [2.45, 2.75) is 17.3 Å². The Hall–Kier alpha value is -1.12. The molecule has 0 saturated carbocycles. The van der Waals surface area contributed by atoms with Crippen LogP contribution in [0.4, 0.5) is 0 Å². The molecule has 2 heterocycles. The molecule has 5 nitrogen and oxygen atoms in total. The van der Waals surface area contributed by atoms with Crippen LogP contribution in [0.15, 0.2) is 22.9 Å². The van der Waals surface area contributed by atoms with Crippen molar-refractivity contribution >= 4 is 40.8 Å². The number of amides is 1. The van der Waals surface area contributed by atoms with Gasteiger partial charge in [0.25, 0.3) is 5.91 Å². The molecule has 2 aromatic heterocycles. The predicted octanol–water partition coefficient (Wildman–Crippen LogP) is 2.49. The minimum absolute atomic E-state index is 0.151. The summed E-state index contributed by atoms with van der Waals surface area (Å²) in [4.78, 5) is 24.6. The van der Waals surface area contributed by atoms with E-state index >= 15 is 0 Å². The predicted molar refractivity (Wildman–Crippen MR) is 89.2 cm³/mol. The molecule has 1 N–H and O–H groups in total. The first-order chi connectivity index (χ1) is 10.2. The van der Waals surface area contributed by atoms with Crippen LogP contribution in [0.3, 0.4) is 0 Å². The molecule has 0 aromatic carbocycles. The summed E-state index contributed by atoms with van der Waals surface area (Å²) in [6.07, 6.45) is 7.79. The Morgan fingerprint density at radius 3 is 2.76 bits per heavy atom. The molecule has 2 aromatic rings. The van der Waals surface area contributed by atoms with Gasteiger partial charge in [-0.3, -0.25) is 4.79 Å². The SMILES string of the molecule is CSCc1nc(CCNC(=O)c2cnc(SC)nc2)cs1. The first kappa shape index (κ1) is 16.3. The Kier molecular flexibility index (Phi) is 6.47. The lowest BCUT2D eigenvalue weighted by molar-refractivity contribution is 0.0953.